The number of hydrogen-bond donors (Lipinski definition) is 1. The van der Waals surface area contributed by atoms with Crippen molar-refractivity contribution < 1.29 is 14.3 Å². The number of hydrogen-bond acceptors (Lipinski definition) is 3. The molecule has 3 rings (SSSR count). The highest BCUT2D eigenvalue weighted by atomic mass is 16.5. The Kier molecular flexibility index (Phi) is 3.72. The quantitative estimate of drug-likeness (QED) is 0.917. The van der Waals surface area contributed by atoms with Crippen LogP contribution >= 0.6 is 0 Å². The number of carbonyl (C=O) groups is 2. The van der Waals surface area contributed by atoms with Gasteiger partial charge in [0.1, 0.15) is 12.4 Å². The first kappa shape index (κ1) is 13.2. The van der Waals surface area contributed by atoms with Crippen molar-refractivity contribution in [2.45, 2.75) is 38.5 Å². The second kappa shape index (κ2) is 5.65. The molecule has 1 aliphatic heterocycles. The third-order valence-electron chi connectivity index (χ3n) is 4.17. The van der Waals surface area contributed by atoms with Crippen LogP contribution in [0.15, 0.2) is 18.2 Å². The molecule has 1 fully saturated rings. The van der Waals surface area contributed by atoms with E-state index in [1.54, 1.807) is 0 Å². The Hall–Kier alpha value is -1.84. The van der Waals surface area contributed by atoms with Crippen LogP contribution in [0.5, 0.6) is 5.75 Å². The fraction of sp³-hybridized carbons (Fsp3) is 0.500. The number of carbonyl (C=O) groups excluding carboxylic acids is 2. The fourth-order valence-electron chi connectivity index (χ4n) is 2.96. The molecule has 0 bridgehead atoms. The number of benzene rings is 1. The molecule has 20 heavy (non-hydrogen) atoms. The lowest BCUT2D eigenvalue weighted by Crippen LogP contribution is -2.20. The van der Waals surface area contributed by atoms with E-state index in [-0.39, 0.29) is 24.2 Å². The van der Waals surface area contributed by atoms with E-state index in [0.29, 0.717) is 12.2 Å². The summed E-state index contributed by atoms with van der Waals surface area (Å²) in [6.07, 6.45) is 5.61. The van der Waals surface area contributed by atoms with E-state index in [1.165, 1.54) is 0 Å². The van der Waals surface area contributed by atoms with Crippen molar-refractivity contribution in [2.75, 3.05) is 11.9 Å². The van der Waals surface area contributed by atoms with Crippen molar-refractivity contribution in [3.8, 4) is 5.75 Å². The van der Waals surface area contributed by atoms with E-state index in [9.17, 15) is 9.59 Å². The molecule has 0 spiro atoms. The average molecular weight is 273 g/mol. The first-order valence-electron chi connectivity index (χ1n) is 7.30. The molecule has 4 nitrogen and oxygen atoms in total. The predicted octanol–water partition coefficient (Wildman–Crippen LogP) is 2.71. The number of aryl methyl sites for hydroxylation is 1. The van der Waals surface area contributed by atoms with Gasteiger partial charge in [-0.1, -0.05) is 18.9 Å². The predicted molar refractivity (Wildman–Crippen MR) is 75.9 cm³/mol. The second-order valence-electron chi connectivity index (χ2n) is 5.60. The molecule has 0 atom stereocenters. The van der Waals surface area contributed by atoms with Gasteiger partial charge < -0.3 is 10.1 Å². The lowest BCUT2D eigenvalue weighted by molar-refractivity contribution is -0.124. The van der Waals surface area contributed by atoms with Crippen molar-refractivity contribution in [2.24, 2.45) is 5.92 Å². The van der Waals surface area contributed by atoms with Crippen molar-refractivity contribution in [3.05, 3.63) is 23.8 Å². The minimum absolute atomic E-state index is 0.0386. The summed E-state index contributed by atoms with van der Waals surface area (Å²) in [5.41, 5.74) is 1.94. The van der Waals surface area contributed by atoms with Crippen LogP contribution in [0.25, 0.3) is 0 Å². The van der Waals surface area contributed by atoms with Crippen molar-refractivity contribution >= 4 is 17.4 Å². The van der Waals surface area contributed by atoms with E-state index >= 15 is 0 Å². The van der Waals surface area contributed by atoms with Crippen molar-refractivity contribution in [1.82, 2.24) is 0 Å². The van der Waals surface area contributed by atoms with Gasteiger partial charge in [-0.3, -0.25) is 9.59 Å². The Balaban J connectivity index is 1.61. The highest BCUT2D eigenvalue weighted by Crippen LogP contribution is 2.28. The van der Waals surface area contributed by atoms with E-state index in [0.717, 1.165) is 43.4 Å². The molecule has 1 amide bonds. The Bertz CT molecular complexity index is 533. The SMILES string of the molecule is O=C1CCc2ccc(OCC(=O)C3CCCC3)cc2N1. The van der Waals surface area contributed by atoms with Gasteiger partial charge in [-0.15, -0.1) is 0 Å². The fourth-order valence-corrected chi connectivity index (χ4v) is 2.96. The zero-order valence-corrected chi connectivity index (χ0v) is 11.5. The number of nitrogens with one attached hydrogen (secondary N) is 1. The van der Waals surface area contributed by atoms with Gasteiger partial charge in [0.15, 0.2) is 5.78 Å². The maximum Gasteiger partial charge on any atom is 0.224 e. The summed E-state index contributed by atoms with van der Waals surface area (Å²) in [7, 11) is 0. The smallest absolute Gasteiger partial charge is 0.224 e. The lowest BCUT2D eigenvalue weighted by Gasteiger charge is -2.18. The Morgan fingerprint density at radius 3 is 2.85 bits per heavy atom. The van der Waals surface area contributed by atoms with E-state index < -0.39 is 0 Å². The molecule has 0 radical (unpaired) electrons. The summed E-state index contributed by atoms with van der Waals surface area (Å²) in [5, 5.41) is 2.84. The van der Waals surface area contributed by atoms with Crippen LogP contribution in [-0.4, -0.2) is 18.3 Å². The van der Waals surface area contributed by atoms with Crippen LogP contribution in [0.1, 0.15) is 37.7 Å². The van der Waals surface area contributed by atoms with Gasteiger partial charge in [-0.2, -0.15) is 0 Å². The van der Waals surface area contributed by atoms with Gasteiger partial charge in [0.25, 0.3) is 0 Å². The number of rotatable bonds is 4. The molecule has 4 heteroatoms. The second-order valence-corrected chi connectivity index (χ2v) is 5.60. The summed E-state index contributed by atoms with van der Waals surface area (Å²) >= 11 is 0. The summed E-state index contributed by atoms with van der Waals surface area (Å²) in [5.74, 6) is 1.07. The molecule has 0 unspecified atom stereocenters. The number of fused-ring (bicyclic) bond motifs is 1. The van der Waals surface area contributed by atoms with Gasteiger partial charge in [-0.05, 0) is 30.9 Å². The summed E-state index contributed by atoms with van der Waals surface area (Å²) in [6, 6.07) is 5.65. The maximum atomic E-state index is 12.0. The number of amides is 1. The summed E-state index contributed by atoms with van der Waals surface area (Å²) in [6.45, 7) is 0.136. The molecular weight excluding hydrogens is 254 g/mol. The molecule has 1 saturated carbocycles. The number of ether oxygens (including phenoxy) is 1. The summed E-state index contributed by atoms with van der Waals surface area (Å²) in [4.78, 5) is 23.3. The van der Waals surface area contributed by atoms with Crippen LogP contribution in [0.3, 0.4) is 0 Å². The highest BCUT2D eigenvalue weighted by Gasteiger charge is 2.23. The molecule has 0 saturated heterocycles. The topological polar surface area (TPSA) is 55.4 Å². The van der Waals surface area contributed by atoms with Crippen molar-refractivity contribution in [3.63, 3.8) is 0 Å². The number of Topliss-reactive ketones (excluding diaryl/α,β-unsaturated/α-hetero) is 1. The van der Waals surface area contributed by atoms with Crippen LogP contribution in [0, 0.1) is 5.92 Å². The Morgan fingerprint density at radius 1 is 1.25 bits per heavy atom. The molecule has 1 heterocycles. The van der Waals surface area contributed by atoms with Crippen LogP contribution < -0.4 is 10.1 Å². The molecule has 106 valence electrons. The highest BCUT2D eigenvalue weighted by molar-refractivity contribution is 5.94. The van der Waals surface area contributed by atoms with E-state index in [2.05, 4.69) is 5.32 Å². The van der Waals surface area contributed by atoms with Crippen molar-refractivity contribution in [1.29, 1.82) is 0 Å². The van der Waals surface area contributed by atoms with E-state index in [4.69, 9.17) is 4.74 Å². The van der Waals surface area contributed by atoms with Gasteiger partial charge in [-0.25, -0.2) is 0 Å². The van der Waals surface area contributed by atoms with Gasteiger partial charge in [0, 0.05) is 24.1 Å². The van der Waals surface area contributed by atoms with Crippen LogP contribution in [0.2, 0.25) is 0 Å². The van der Waals surface area contributed by atoms with Gasteiger partial charge >= 0.3 is 0 Å². The lowest BCUT2D eigenvalue weighted by atomic mass is 10.0. The molecule has 0 aromatic heterocycles. The zero-order valence-electron chi connectivity index (χ0n) is 11.5. The molecule has 2 aliphatic rings. The monoisotopic (exact) mass is 273 g/mol. The van der Waals surface area contributed by atoms with Gasteiger partial charge in [0.05, 0.1) is 0 Å². The normalized spacial score (nSPS) is 18.5. The number of ketones is 1. The zero-order chi connectivity index (χ0) is 13.9. The first-order valence-corrected chi connectivity index (χ1v) is 7.30. The molecule has 1 aliphatic carbocycles. The maximum absolute atomic E-state index is 12.0. The minimum Gasteiger partial charge on any atom is -0.486 e. The third kappa shape index (κ3) is 2.84. The largest absolute Gasteiger partial charge is 0.486 e. The summed E-state index contributed by atoms with van der Waals surface area (Å²) < 4.78 is 5.58. The molecule has 1 aromatic carbocycles. The third-order valence-corrected chi connectivity index (χ3v) is 4.17. The molecule has 1 N–H and O–H groups in total. The molecular formula is C16H19NO3. The van der Waals surface area contributed by atoms with Gasteiger partial charge in [0.2, 0.25) is 5.91 Å². The van der Waals surface area contributed by atoms with E-state index in [1.807, 2.05) is 18.2 Å². The average Bonchev–Trinajstić information content (AvgIpc) is 2.98. The minimum atomic E-state index is 0.0386. The van der Waals surface area contributed by atoms with Crippen LogP contribution in [-0.2, 0) is 16.0 Å². The number of anilines is 1. The first-order chi connectivity index (χ1) is 9.72. The standard InChI is InChI=1S/C16H19NO3/c18-15(12-3-1-2-4-12)10-20-13-7-5-11-6-8-16(19)17-14(11)9-13/h5,7,9,12H,1-4,6,8,10H2,(H,17,19). The van der Waals surface area contributed by atoms with Crippen LogP contribution in [0.4, 0.5) is 5.69 Å². The Morgan fingerprint density at radius 2 is 2.05 bits per heavy atom. The molecule has 1 aromatic rings. The Labute approximate surface area is 118 Å².